The molecular formula is C16H25Cl2N3O2. The Morgan fingerprint density at radius 1 is 1.39 bits per heavy atom. The Bertz CT molecular complexity index is 494. The maximum Gasteiger partial charge on any atom is 0.224 e. The SMILES string of the molecule is COc1ccc(Cl)cc1CC(=O)NCCCN1CCNCC1.Cl. The van der Waals surface area contributed by atoms with Crippen LogP contribution in [0.15, 0.2) is 18.2 Å². The number of nitrogens with one attached hydrogen (secondary N) is 2. The van der Waals surface area contributed by atoms with Crippen molar-refractivity contribution in [2.45, 2.75) is 12.8 Å². The molecule has 1 aromatic carbocycles. The topological polar surface area (TPSA) is 53.6 Å². The van der Waals surface area contributed by atoms with Gasteiger partial charge < -0.3 is 20.3 Å². The van der Waals surface area contributed by atoms with Gasteiger partial charge in [-0.15, -0.1) is 12.4 Å². The van der Waals surface area contributed by atoms with E-state index in [9.17, 15) is 4.79 Å². The summed E-state index contributed by atoms with van der Waals surface area (Å²) in [6.45, 7) is 6.03. The average molecular weight is 362 g/mol. The van der Waals surface area contributed by atoms with Crippen LogP contribution in [0, 0.1) is 0 Å². The molecule has 130 valence electrons. The van der Waals surface area contributed by atoms with E-state index in [2.05, 4.69) is 15.5 Å². The zero-order valence-corrected chi connectivity index (χ0v) is 15.0. The number of piperazine rings is 1. The van der Waals surface area contributed by atoms with Gasteiger partial charge in [0, 0.05) is 43.3 Å². The summed E-state index contributed by atoms with van der Waals surface area (Å²) in [5.74, 6) is 0.696. The fraction of sp³-hybridized carbons (Fsp3) is 0.562. The van der Waals surface area contributed by atoms with Gasteiger partial charge in [-0.05, 0) is 31.2 Å². The van der Waals surface area contributed by atoms with Crippen LogP contribution in [-0.2, 0) is 11.2 Å². The number of benzene rings is 1. The second kappa shape index (κ2) is 10.7. The number of ether oxygens (including phenoxy) is 1. The molecule has 1 saturated heterocycles. The van der Waals surface area contributed by atoms with Crippen LogP contribution in [0.5, 0.6) is 5.75 Å². The van der Waals surface area contributed by atoms with Gasteiger partial charge in [0.15, 0.2) is 0 Å². The van der Waals surface area contributed by atoms with Crippen LogP contribution < -0.4 is 15.4 Å². The molecule has 0 radical (unpaired) electrons. The monoisotopic (exact) mass is 361 g/mol. The molecule has 1 aromatic rings. The van der Waals surface area contributed by atoms with Crippen molar-refractivity contribution in [2.24, 2.45) is 0 Å². The molecule has 0 aromatic heterocycles. The number of halogens is 2. The first kappa shape index (κ1) is 20.0. The zero-order valence-electron chi connectivity index (χ0n) is 13.4. The molecule has 0 saturated carbocycles. The maximum absolute atomic E-state index is 12.0. The van der Waals surface area contributed by atoms with Crippen molar-refractivity contribution < 1.29 is 9.53 Å². The summed E-state index contributed by atoms with van der Waals surface area (Å²) in [5, 5.41) is 6.91. The molecule has 1 heterocycles. The van der Waals surface area contributed by atoms with E-state index in [0.717, 1.165) is 44.7 Å². The number of amides is 1. The van der Waals surface area contributed by atoms with Gasteiger partial charge in [0.2, 0.25) is 5.91 Å². The first-order valence-corrected chi connectivity index (χ1v) is 8.09. The average Bonchev–Trinajstić information content (AvgIpc) is 2.53. The second-order valence-corrected chi connectivity index (χ2v) is 5.86. The highest BCUT2D eigenvalue weighted by Gasteiger charge is 2.11. The van der Waals surface area contributed by atoms with Crippen LogP contribution in [0.3, 0.4) is 0 Å². The van der Waals surface area contributed by atoms with E-state index in [1.54, 1.807) is 25.3 Å². The minimum Gasteiger partial charge on any atom is -0.496 e. The van der Waals surface area contributed by atoms with Gasteiger partial charge in [0.25, 0.3) is 0 Å². The molecular weight excluding hydrogens is 337 g/mol. The minimum atomic E-state index is 0. The van der Waals surface area contributed by atoms with E-state index >= 15 is 0 Å². The number of rotatable bonds is 7. The Morgan fingerprint density at radius 2 is 2.13 bits per heavy atom. The third-order valence-corrected chi connectivity index (χ3v) is 4.01. The fourth-order valence-corrected chi connectivity index (χ4v) is 2.78. The van der Waals surface area contributed by atoms with E-state index in [1.807, 2.05) is 0 Å². The molecule has 2 rings (SSSR count). The highest BCUT2D eigenvalue weighted by molar-refractivity contribution is 6.30. The Kier molecular flexibility index (Phi) is 9.33. The normalized spacial score (nSPS) is 14.9. The number of hydrogen-bond acceptors (Lipinski definition) is 4. The molecule has 1 fully saturated rings. The summed E-state index contributed by atoms with van der Waals surface area (Å²) in [5.41, 5.74) is 0.814. The van der Waals surface area contributed by atoms with Crippen molar-refractivity contribution in [3.63, 3.8) is 0 Å². The molecule has 1 aliphatic rings. The standard InChI is InChI=1S/C16H24ClN3O2.ClH/c1-22-15-4-3-14(17)11-13(15)12-16(21)19-5-2-8-20-9-6-18-7-10-20;/h3-4,11,18H,2,5-10,12H2,1H3,(H,19,21);1H. The molecule has 0 aliphatic carbocycles. The number of methoxy groups -OCH3 is 1. The highest BCUT2D eigenvalue weighted by atomic mass is 35.5. The molecule has 1 aliphatic heterocycles. The predicted octanol–water partition coefficient (Wildman–Crippen LogP) is 1.72. The van der Waals surface area contributed by atoms with Crippen LogP contribution in [0.4, 0.5) is 0 Å². The van der Waals surface area contributed by atoms with E-state index in [-0.39, 0.29) is 24.7 Å². The molecule has 0 spiro atoms. The lowest BCUT2D eigenvalue weighted by Gasteiger charge is -2.27. The number of carbonyl (C=O) groups excluding carboxylic acids is 1. The molecule has 0 unspecified atom stereocenters. The Balaban J connectivity index is 0.00000264. The van der Waals surface area contributed by atoms with Crippen molar-refractivity contribution in [3.8, 4) is 5.75 Å². The van der Waals surface area contributed by atoms with E-state index < -0.39 is 0 Å². The van der Waals surface area contributed by atoms with Crippen LogP contribution >= 0.6 is 24.0 Å². The fourth-order valence-electron chi connectivity index (χ4n) is 2.59. The predicted molar refractivity (Wildman–Crippen MR) is 95.9 cm³/mol. The third kappa shape index (κ3) is 6.96. The lowest BCUT2D eigenvalue weighted by atomic mass is 10.1. The van der Waals surface area contributed by atoms with Gasteiger partial charge in [0.05, 0.1) is 13.5 Å². The van der Waals surface area contributed by atoms with Gasteiger partial charge in [-0.2, -0.15) is 0 Å². The van der Waals surface area contributed by atoms with E-state index in [4.69, 9.17) is 16.3 Å². The van der Waals surface area contributed by atoms with Gasteiger partial charge in [0.1, 0.15) is 5.75 Å². The van der Waals surface area contributed by atoms with Crippen LogP contribution in [0.1, 0.15) is 12.0 Å². The smallest absolute Gasteiger partial charge is 0.224 e. The van der Waals surface area contributed by atoms with Crippen molar-refractivity contribution in [3.05, 3.63) is 28.8 Å². The molecule has 2 N–H and O–H groups in total. The van der Waals surface area contributed by atoms with Gasteiger partial charge in [-0.3, -0.25) is 4.79 Å². The number of nitrogens with zero attached hydrogens (tertiary/aromatic N) is 1. The van der Waals surface area contributed by atoms with Crippen molar-refractivity contribution >= 4 is 29.9 Å². The summed E-state index contributed by atoms with van der Waals surface area (Å²) in [4.78, 5) is 14.4. The zero-order chi connectivity index (χ0) is 15.8. The molecule has 1 amide bonds. The lowest BCUT2D eigenvalue weighted by molar-refractivity contribution is -0.120. The van der Waals surface area contributed by atoms with Crippen LogP contribution in [-0.4, -0.2) is 57.2 Å². The van der Waals surface area contributed by atoms with Crippen LogP contribution in [0.2, 0.25) is 5.02 Å². The largest absolute Gasteiger partial charge is 0.496 e. The van der Waals surface area contributed by atoms with Crippen molar-refractivity contribution in [1.29, 1.82) is 0 Å². The summed E-state index contributed by atoms with van der Waals surface area (Å²) >= 11 is 5.97. The number of hydrogen-bond donors (Lipinski definition) is 2. The van der Waals surface area contributed by atoms with Gasteiger partial charge in [-0.1, -0.05) is 11.6 Å². The molecule has 5 nitrogen and oxygen atoms in total. The number of carbonyl (C=O) groups is 1. The highest BCUT2D eigenvalue weighted by Crippen LogP contribution is 2.22. The van der Waals surface area contributed by atoms with E-state index in [1.165, 1.54) is 0 Å². The van der Waals surface area contributed by atoms with Gasteiger partial charge >= 0.3 is 0 Å². The van der Waals surface area contributed by atoms with Crippen molar-refractivity contribution in [1.82, 2.24) is 15.5 Å². The quantitative estimate of drug-likeness (QED) is 0.726. The molecule has 0 atom stereocenters. The Hall–Kier alpha value is -1.01. The van der Waals surface area contributed by atoms with Crippen molar-refractivity contribution in [2.75, 3.05) is 46.4 Å². The molecule has 23 heavy (non-hydrogen) atoms. The first-order chi connectivity index (χ1) is 10.7. The molecule has 0 bridgehead atoms. The maximum atomic E-state index is 12.0. The van der Waals surface area contributed by atoms with Gasteiger partial charge in [-0.25, -0.2) is 0 Å². The van der Waals surface area contributed by atoms with E-state index in [0.29, 0.717) is 17.3 Å². The summed E-state index contributed by atoms with van der Waals surface area (Å²) in [6.07, 6.45) is 1.26. The summed E-state index contributed by atoms with van der Waals surface area (Å²) in [7, 11) is 1.60. The Morgan fingerprint density at radius 3 is 2.83 bits per heavy atom. The Labute approximate surface area is 149 Å². The first-order valence-electron chi connectivity index (χ1n) is 7.71. The minimum absolute atomic E-state index is 0. The molecule has 7 heteroatoms. The summed E-state index contributed by atoms with van der Waals surface area (Å²) in [6, 6.07) is 5.32. The van der Waals surface area contributed by atoms with Crippen LogP contribution in [0.25, 0.3) is 0 Å². The third-order valence-electron chi connectivity index (χ3n) is 3.78. The lowest BCUT2D eigenvalue weighted by Crippen LogP contribution is -2.44. The summed E-state index contributed by atoms with van der Waals surface area (Å²) < 4.78 is 5.25. The second-order valence-electron chi connectivity index (χ2n) is 5.43.